The van der Waals surface area contributed by atoms with Crippen molar-refractivity contribution in [2.45, 2.75) is 18.9 Å². The molecular weight excluding hydrogens is 268 g/mol. The van der Waals surface area contributed by atoms with Crippen molar-refractivity contribution in [3.63, 3.8) is 0 Å². The summed E-state index contributed by atoms with van der Waals surface area (Å²) in [5, 5.41) is 7.10. The number of rotatable bonds is 7. The van der Waals surface area contributed by atoms with Crippen LogP contribution in [0.15, 0.2) is 24.3 Å². The molecule has 1 aliphatic carbocycles. The third-order valence-corrected chi connectivity index (χ3v) is 3.55. The fraction of sp³-hybridized carbons (Fsp3) is 0.364. The fourth-order valence-electron chi connectivity index (χ4n) is 1.43. The van der Waals surface area contributed by atoms with E-state index >= 15 is 0 Å². The molecule has 2 rings (SSSR count). The van der Waals surface area contributed by atoms with E-state index < -0.39 is 10.2 Å². The van der Waals surface area contributed by atoms with Crippen LogP contribution >= 0.6 is 0 Å². The third kappa shape index (κ3) is 4.42. The van der Waals surface area contributed by atoms with E-state index in [1.54, 1.807) is 24.3 Å². The molecule has 1 aliphatic rings. The summed E-state index contributed by atoms with van der Waals surface area (Å²) in [6, 6.07) is 6.62. The smallest absolute Gasteiger partial charge is 0.299 e. The molecule has 5 N–H and O–H groups in total. The molecule has 0 unspecified atom stereocenters. The standard InChI is InChI=1S/C11H16N4O3S/c12-11(13)7-18-10-4-2-1-3-9(10)15-19(16,17)14-8-5-6-8/h1-4,8,14-15H,5-7H2,(H3,12,13). The van der Waals surface area contributed by atoms with Crippen LogP contribution in [0, 0.1) is 5.41 Å². The van der Waals surface area contributed by atoms with E-state index in [0.717, 1.165) is 12.8 Å². The SMILES string of the molecule is N=C(N)COc1ccccc1NS(=O)(=O)NC1CC1. The van der Waals surface area contributed by atoms with E-state index in [2.05, 4.69) is 9.44 Å². The van der Waals surface area contributed by atoms with E-state index in [0.29, 0.717) is 11.4 Å². The topological polar surface area (TPSA) is 117 Å². The van der Waals surface area contributed by atoms with E-state index in [-0.39, 0.29) is 18.5 Å². The Morgan fingerprint density at radius 1 is 1.42 bits per heavy atom. The van der Waals surface area contributed by atoms with Gasteiger partial charge in [0.2, 0.25) is 0 Å². The zero-order valence-electron chi connectivity index (χ0n) is 10.2. The van der Waals surface area contributed by atoms with E-state index in [1.165, 1.54) is 0 Å². The molecule has 8 heteroatoms. The normalized spacial score (nSPS) is 14.9. The maximum Gasteiger partial charge on any atom is 0.299 e. The second kappa shape index (κ2) is 5.45. The van der Waals surface area contributed by atoms with Crippen molar-refractivity contribution in [2.75, 3.05) is 11.3 Å². The molecule has 0 amide bonds. The number of amidine groups is 1. The predicted octanol–water partition coefficient (Wildman–Crippen LogP) is 0.410. The highest BCUT2D eigenvalue weighted by Crippen LogP contribution is 2.25. The Morgan fingerprint density at radius 2 is 2.11 bits per heavy atom. The first kappa shape index (κ1) is 13.6. The predicted molar refractivity (Wildman–Crippen MR) is 72.6 cm³/mol. The molecule has 0 spiro atoms. The molecule has 0 bridgehead atoms. The minimum absolute atomic E-state index is 0.0304. The number of nitrogens with two attached hydrogens (primary N) is 1. The highest BCUT2D eigenvalue weighted by molar-refractivity contribution is 7.90. The summed E-state index contributed by atoms with van der Waals surface area (Å²) in [5.41, 5.74) is 5.52. The van der Waals surface area contributed by atoms with Crippen LogP contribution in [0.1, 0.15) is 12.8 Å². The number of ether oxygens (including phenoxy) is 1. The molecule has 0 aliphatic heterocycles. The van der Waals surface area contributed by atoms with Crippen molar-refractivity contribution < 1.29 is 13.2 Å². The van der Waals surface area contributed by atoms with Gasteiger partial charge in [0.15, 0.2) is 0 Å². The second-order valence-corrected chi connectivity index (χ2v) is 5.75. The second-order valence-electron chi connectivity index (χ2n) is 4.31. The lowest BCUT2D eigenvalue weighted by atomic mass is 10.3. The van der Waals surface area contributed by atoms with Crippen molar-refractivity contribution in [1.82, 2.24) is 4.72 Å². The zero-order chi connectivity index (χ0) is 13.9. The van der Waals surface area contributed by atoms with Gasteiger partial charge in [-0.1, -0.05) is 12.1 Å². The summed E-state index contributed by atoms with van der Waals surface area (Å²) in [6.07, 6.45) is 1.73. The molecule has 1 fully saturated rings. The van der Waals surface area contributed by atoms with Gasteiger partial charge >= 0.3 is 0 Å². The van der Waals surface area contributed by atoms with Crippen LogP contribution in [-0.4, -0.2) is 26.9 Å². The first-order valence-corrected chi connectivity index (χ1v) is 7.29. The van der Waals surface area contributed by atoms with Gasteiger partial charge in [0.1, 0.15) is 18.2 Å². The Morgan fingerprint density at radius 3 is 2.74 bits per heavy atom. The number of benzene rings is 1. The van der Waals surface area contributed by atoms with E-state index in [1.807, 2.05) is 0 Å². The Bertz CT molecular complexity index is 569. The van der Waals surface area contributed by atoms with Gasteiger partial charge in [0, 0.05) is 6.04 Å². The summed E-state index contributed by atoms with van der Waals surface area (Å²) >= 11 is 0. The van der Waals surface area contributed by atoms with Gasteiger partial charge in [-0.25, -0.2) is 0 Å². The van der Waals surface area contributed by atoms with Crippen LogP contribution < -0.4 is 19.9 Å². The molecule has 104 valence electrons. The van der Waals surface area contributed by atoms with Crippen LogP contribution in [-0.2, 0) is 10.2 Å². The zero-order valence-corrected chi connectivity index (χ0v) is 11.0. The lowest BCUT2D eigenvalue weighted by Gasteiger charge is -2.13. The minimum atomic E-state index is -3.60. The van der Waals surface area contributed by atoms with Crippen molar-refractivity contribution in [3.05, 3.63) is 24.3 Å². The first-order chi connectivity index (χ1) is 8.96. The van der Waals surface area contributed by atoms with Gasteiger partial charge in [-0.05, 0) is 25.0 Å². The quantitative estimate of drug-likeness (QED) is 0.428. The molecule has 1 aromatic rings. The lowest BCUT2D eigenvalue weighted by Crippen LogP contribution is -2.32. The minimum Gasteiger partial charge on any atom is -0.484 e. The first-order valence-electron chi connectivity index (χ1n) is 5.81. The molecule has 0 aromatic heterocycles. The molecule has 19 heavy (non-hydrogen) atoms. The van der Waals surface area contributed by atoms with Gasteiger partial charge in [-0.3, -0.25) is 10.1 Å². The number of para-hydroxylation sites is 2. The maximum atomic E-state index is 11.8. The average molecular weight is 284 g/mol. The summed E-state index contributed by atoms with van der Waals surface area (Å²) in [6.45, 7) is -0.0885. The number of anilines is 1. The van der Waals surface area contributed by atoms with Crippen LogP contribution in [0.5, 0.6) is 5.75 Å². The highest BCUT2D eigenvalue weighted by atomic mass is 32.2. The Labute approximate surface area is 111 Å². The Hall–Kier alpha value is -1.80. The van der Waals surface area contributed by atoms with Gasteiger partial charge in [-0.2, -0.15) is 13.1 Å². The summed E-state index contributed by atoms with van der Waals surface area (Å²) in [4.78, 5) is 0. The molecule has 0 heterocycles. The summed E-state index contributed by atoms with van der Waals surface area (Å²) in [7, 11) is -3.60. The van der Waals surface area contributed by atoms with Crippen molar-refractivity contribution in [3.8, 4) is 5.75 Å². The highest BCUT2D eigenvalue weighted by Gasteiger charge is 2.27. The van der Waals surface area contributed by atoms with Crippen LogP contribution in [0.25, 0.3) is 0 Å². The van der Waals surface area contributed by atoms with Crippen molar-refractivity contribution >= 4 is 21.7 Å². The number of nitrogens with one attached hydrogen (secondary N) is 3. The molecule has 0 saturated heterocycles. The maximum absolute atomic E-state index is 11.8. The van der Waals surface area contributed by atoms with Crippen LogP contribution in [0.4, 0.5) is 5.69 Å². The molecule has 7 nitrogen and oxygen atoms in total. The average Bonchev–Trinajstić information content (AvgIpc) is 3.10. The van der Waals surface area contributed by atoms with Gasteiger partial charge in [0.25, 0.3) is 10.2 Å². The van der Waals surface area contributed by atoms with Crippen LogP contribution in [0.2, 0.25) is 0 Å². The molecule has 0 radical (unpaired) electrons. The van der Waals surface area contributed by atoms with Gasteiger partial charge in [-0.15, -0.1) is 0 Å². The largest absolute Gasteiger partial charge is 0.484 e. The van der Waals surface area contributed by atoms with Gasteiger partial charge < -0.3 is 10.5 Å². The number of hydrogen-bond acceptors (Lipinski definition) is 4. The number of hydrogen-bond donors (Lipinski definition) is 4. The van der Waals surface area contributed by atoms with Crippen molar-refractivity contribution in [1.29, 1.82) is 5.41 Å². The lowest BCUT2D eigenvalue weighted by molar-refractivity contribution is 0.376. The molecule has 1 aromatic carbocycles. The molecule has 1 saturated carbocycles. The Balaban J connectivity index is 2.08. The van der Waals surface area contributed by atoms with Gasteiger partial charge in [0.05, 0.1) is 5.69 Å². The summed E-state index contributed by atoms with van der Waals surface area (Å²) in [5.74, 6) is 0.202. The Kier molecular flexibility index (Phi) is 3.91. The van der Waals surface area contributed by atoms with E-state index in [9.17, 15) is 8.42 Å². The monoisotopic (exact) mass is 284 g/mol. The van der Waals surface area contributed by atoms with Crippen molar-refractivity contribution in [2.24, 2.45) is 5.73 Å². The summed E-state index contributed by atoms with van der Waals surface area (Å²) < 4.78 is 33.8. The third-order valence-electron chi connectivity index (χ3n) is 2.41. The van der Waals surface area contributed by atoms with E-state index in [4.69, 9.17) is 15.9 Å². The van der Waals surface area contributed by atoms with Crippen LogP contribution in [0.3, 0.4) is 0 Å². The molecule has 0 atom stereocenters. The fourth-order valence-corrected chi connectivity index (χ4v) is 2.62. The molecular formula is C11H16N4O3S.